The SMILES string of the molecule is CCCn1nnnc1CN(Cc1ccc(C)cc1)C1CCc2ccccc21. The second-order valence-corrected chi connectivity index (χ2v) is 7.46. The van der Waals surface area contributed by atoms with Gasteiger partial charge in [0, 0.05) is 19.1 Å². The maximum absolute atomic E-state index is 4.32. The van der Waals surface area contributed by atoms with Crippen LogP contribution in [-0.2, 0) is 26.1 Å². The number of hydrogen-bond acceptors (Lipinski definition) is 4. The number of aryl methyl sites for hydroxylation is 3. The van der Waals surface area contributed by atoms with Crippen LogP contribution < -0.4 is 0 Å². The molecule has 0 bridgehead atoms. The van der Waals surface area contributed by atoms with E-state index in [1.165, 1.54) is 22.3 Å². The minimum atomic E-state index is 0.411. The lowest BCUT2D eigenvalue weighted by Crippen LogP contribution is -2.28. The van der Waals surface area contributed by atoms with Crippen LogP contribution in [0.15, 0.2) is 48.5 Å². The van der Waals surface area contributed by atoms with E-state index in [0.717, 1.165) is 44.7 Å². The Morgan fingerprint density at radius 1 is 1.07 bits per heavy atom. The molecule has 1 aliphatic rings. The highest BCUT2D eigenvalue weighted by atomic mass is 15.5. The third kappa shape index (κ3) is 3.93. The molecule has 5 heteroatoms. The smallest absolute Gasteiger partial charge is 0.165 e. The van der Waals surface area contributed by atoms with Crippen LogP contribution in [0.3, 0.4) is 0 Å². The molecular weight excluding hydrogens is 334 g/mol. The molecule has 1 heterocycles. The van der Waals surface area contributed by atoms with E-state index in [9.17, 15) is 0 Å². The summed E-state index contributed by atoms with van der Waals surface area (Å²) in [6, 6.07) is 18.1. The van der Waals surface area contributed by atoms with Crippen molar-refractivity contribution in [3.05, 3.63) is 76.6 Å². The lowest BCUT2D eigenvalue weighted by Gasteiger charge is -2.29. The van der Waals surface area contributed by atoms with Crippen LogP contribution in [-0.4, -0.2) is 25.1 Å². The number of tetrazole rings is 1. The fourth-order valence-electron chi connectivity index (χ4n) is 4.02. The monoisotopic (exact) mass is 361 g/mol. The quantitative estimate of drug-likeness (QED) is 0.636. The Bertz CT molecular complexity index is 884. The zero-order valence-corrected chi connectivity index (χ0v) is 16.2. The van der Waals surface area contributed by atoms with Crippen LogP contribution in [0, 0.1) is 6.92 Å². The van der Waals surface area contributed by atoms with Crippen molar-refractivity contribution in [2.75, 3.05) is 0 Å². The van der Waals surface area contributed by atoms with E-state index < -0.39 is 0 Å². The summed E-state index contributed by atoms with van der Waals surface area (Å²) in [4.78, 5) is 2.54. The minimum absolute atomic E-state index is 0.411. The van der Waals surface area contributed by atoms with Gasteiger partial charge in [-0.05, 0) is 53.3 Å². The van der Waals surface area contributed by atoms with Gasteiger partial charge in [-0.15, -0.1) is 5.10 Å². The van der Waals surface area contributed by atoms with Crippen LogP contribution in [0.25, 0.3) is 0 Å². The summed E-state index contributed by atoms with van der Waals surface area (Å²) in [5, 5.41) is 12.4. The Balaban J connectivity index is 1.63. The largest absolute Gasteiger partial charge is 0.285 e. The first-order valence-corrected chi connectivity index (χ1v) is 9.87. The number of fused-ring (bicyclic) bond motifs is 1. The van der Waals surface area contributed by atoms with E-state index in [0.29, 0.717) is 6.04 Å². The van der Waals surface area contributed by atoms with Gasteiger partial charge in [0.2, 0.25) is 0 Å². The number of hydrogen-bond donors (Lipinski definition) is 0. The molecule has 1 aliphatic carbocycles. The Morgan fingerprint density at radius 2 is 1.89 bits per heavy atom. The molecule has 0 N–H and O–H groups in total. The molecule has 0 amide bonds. The molecule has 1 aromatic heterocycles. The molecule has 3 aromatic rings. The third-order valence-corrected chi connectivity index (χ3v) is 5.43. The highest BCUT2D eigenvalue weighted by Gasteiger charge is 2.29. The highest BCUT2D eigenvalue weighted by Crippen LogP contribution is 2.37. The van der Waals surface area contributed by atoms with E-state index in [4.69, 9.17) is 0 Å². The summed E-state index contributed by atoms with van der Waals surface area (Å²) in [6.45, 7) is 6.82. The molecule has 0 radical (unpaired) electrons. The molecular formula is C22H27N5. The van der Waals surface area contributed by atoms with Gasteiger partial charge in [0.25, 0.3) is 0 Å². The van der Waals surface area contributed by atoms with Crippen molar-refractivity contribution in [1.29, 1.82) is 0 Å². The molecule has 0 saturated heterocycles. The van der Waals surface area contributed by atoms with E-state index >= 15 is 0 Å². The van der Waals surface area contributed by atoms with Gasteiger partial charge in [-0.3, -0.25) is 4.90 Å². The average molecular weight is 361 g/mol. The maximum Gasteiger partial charge on any atom is 0.165 e. The van der Waals surface area contributed by atoms with Gasteiger partial charge in [0.05, 0.1) is 6.54 Å². The molecule has 4 rings (SSSR count). The van der Waals surface area contributed by atoms with Crippen LogP contribution in [0.1, 0.15) is 53.9 Å². The summed E-state index contributed by atoms with van der Waals surface area (Å²) in [7, 11) is 0. The second-order valence-electron chi connectivity index (χ2n) is 7.46. The van der Waals surface area contributed by atoms with Gasteiger partial charge in [0.1, 0.15) is 0 Å². The van der Waals surface area contributed by atoms with Gasteiger partial charge < -0.3 is 0 Å². The highest BCUT2D eigenvalue weighted by molar-refractivity contribution is 5.34. The Morgan fingerprint density at radius 3 is 2.70 bits per heavy atom. The Kier molecular flexibility index (Phi) is 5.30. The first-order valence-electron chi connectivity index (χ1n) is 9.87. The molecule has 0 saturated carbocycles. The molecule has 1 atom stereocenters. The summed E-state index contributed by atoms with van der Waals surface area (Å²) in [6.07, 6.45) is 3.33. The molecule has 0 spiro atoms. The lowest BCUT2D eigenvalue weighted by molar-refractivity contribution is 0.170. The lowest BCUT2D eigenvalue weighted by atomic mass is 10.1. The molecule has 0 aliphatic heterocycles. The third-order valence-electron chi connectivity index (χ3n) is 5.43. The molecule has 1 unspecified atom stereocenters. The first kappa shape index (κ1) is 17.9. The Labute approximate surface area is 161 Å². The van der Waals surface area contributed by atoms with Crippen LogP contribution in [0.5, 0.6) is 0 Å². The maximum atomic E-state index is 4.32. The van der Waals surface area contributed by atoms with Crippen LogP contribution >= 0.6 is 0 Å². The standard InChI is InChI=1S/C22H27N5/c1-3-14-27-22(23-24-25-27)16-26(15-18-10-8-17(2)9-11-18)21-13-12-19-6-4-5-7-20(19)21/h4-11,21H,3,12-16H2,1-2H3. The van der Waals surface area contributed by atoms with Crippen molar-refractivity contribution >= 4 is 0 Å². The van der Waals surface area contributed by atoms with Gasteiger partial charge in [-0.2, -0.15) is 0 Å². The first-order chi connectivity index (χ1) is 13.2. The van der Waals surface area contributed by atoms with E-state index in [2.05, 4.69) is 82.8 Å². The van der Waals surface area contributed by atoms with Crippen LogP contribution in [0.2, 0.25) is 0 Å². The average Bonchev–Trinajstić information content (AvgIpc) is 3.30. The number of benzene rings is 2. The summed E-state index contributed by atoms with van der Waals surface area (Å²) in [5.41, 5.74) is 5.56. The summed E-state index contributed by atoms with van der Waals surface area (Å²) >= 11 is 0. The zero-order valence-electron chi connectivity index (χ0n) is 16.2. The number of aromatic nitrogens is 4. The fraction of sp³-hybridized carbons (Fsp3) is 0.409. The Hall–Kier alpha value is -2.53. The van der Waals surface area contributed by atoms with Crippen molar-refractivity contribution < 1.29 is 0 Å². The molecule has 140 valence electrons. The summed E-state index contributed by atoms with van der Waals surface area (Å²) < 4.78 is 1.95. The summed E-state index contributed by atoms with van der Waals surface area (Å²) in [5.74, 6) is 0.952. The van der Waals surface area contributed by atoms with Gasteiger partial charge in [0.15, 0.2) is 5.82 Å². The minimum Gasteiger partial charge on any atom is -0.285 e. The van der Waals surface area contributed by atoms with E-state index in [1.54, 1.807) is 0 Å². The molecule has 5 nitrogen and oxygen atoms in total. The van der Waals surface area contributed by atoms with Crippen molar-refractivity contribution in [3.8, 4) is 0 Å². The second kappa shape index (κ2) is 8.01. The van der Waals surface area contributed by atoms with Crippen molar-refractivity contribution in [1.82, 2.24) is 25.1 Å². The zero-order chi connectivity index (χ0) is 18.6. The van der Waals surface area contributed by atoms with Crippen LogP contribution in [0.4, 0.5) is 0 Å². The molecule has 27 heavy (non-hydrogen) atoms. The predicted octanol–water partition coefficient (Wildman–Crippen LogP) is 4.08. The predicted molar refractivity (Wildman–Crippen MR) is 106 cm³/mol. The normalized spacial score (nSPS) is 16.0. The molecule has 0 fully saturated rings. The fourth-order valence-corrected chi connectivity index (χ4v) is 4.02. The number of nitrogens with zero attached hydrogens (tertiary/aromatic N) is 5. The van der Waals surface area contributed by atoms with E-state index in [-0.39, 0.29) is 0 Å². The molecule has 2 aromatic carbocycles. The van der Waals surface area contributed by atoms with E-state index in [1.807, 2.05) is 4.68 Å². The van der Waals surface area contributed by atoms with Gasteiger partial charge in [-0.25, -0.2) is 4.68 Å². The van der Waals surface area contributed by atoms with Crippen molar-refractivity contribution in [2.45, 2.75) is 58.8 Å². The van der Waals surface area contributed by atoms with Crippen molar-refractivity contribution in [2.24, 2.45) is 0 Å². The van der Waals surface area contributed by atoms with Gasteiger partial charge in [-0.1, -0.05) is 61.0 Å². The van der Waals surface area contributed by atoms with Crippen molar-refractivity contribution in [3.63, 3.8) is 0 Å². The topological polar surface area (TPSA) is 46.8 Å². The van der Waals surface area contributed by atoms with Gasteiger partial charge >= 0.3 is 0 Å². The number of rotatable bonds is 7.